The van der Waals surface area contributed by atoms with Crippen molar-refractivity contribution < 1.29 is 18.7 Å². The van der Waals surface area contributed by atoms with Crippen LogP contribution in [0.2, 0.25) is 0 Å². The highest BCUT2D eigenvalue weighted by Gasteiger charge is 2.29. The topological polar surface area (TPSA) is 50.8 Å². The van der Waals surface area contributed by atoms with Crippen molar-refractivity contribution in [1.82, 2.24) is 10.2 Å². The van der Waals surface area contributed by atoms with E-state index in [1.54, 1.807) is 12.1 Å². The van der Waals surface area contributed by atoms with Gasteiger partial charge in [0.2, 0.25) is 5.91 Å². The van der Waals surface area contributed by atoms with E-state index in [2.05, 4.69) is 10.2 Å². The summed E-state index contributed by atoms with van der Waals surface area (Å²) in [5, 5.41) is 3.05. The van der Waals surface area contributed by atoms with Gasteiger partial charge in [-0.2, -0.15) is 0 Å². The van der Waals surface area contributed by atoms with Gasteiger partial charge >= 0.3 is 0 Å². The summed E-state index contributed by atoms with van der Waals surface area (Å²) in [7, 11) is 0. The standard InChI is InChI=1S/C20H29FN2O3/c21-16-6-5-7-17(14-16)26-19-9-13-25-15-18(19)22-20(24)8-12-23-10-3-1-2-4-11-23/h5-7,14,18-19H,1-4,8-13,15H2,(H,22,24)/t18-,19+/m1/s1. The van der Waals surface area contributed by atoms with Crippen molar-refractivity contribution in [2.75, 3.05) is 32.8 Å². The van der Waals surface area contributed by atoms with Crippen LogP contribution in [0.3, 0.4) is 0 Å². The first-order valence-corrected chi connectivity index (χ1v) is 9.72. The molecule has 1 aromatic rings. The van der Waals surface area contributed by atoms with Crippen molar-refractivity contribution in [3.8, 4) is 5.75 Å². The van der Waals surface area contributed by atoms with Gasteiger partial charge in [-0.3, -0.25) is 4.79 Å². The summed E-state index contributed by atoms with van der Waals surface area (Å²) >= 11 is 0. The van der Waals surface area contributed by atoms with Crippen molar-refractivity contribution in [2.45, 2.75) is 50.7 Å². The second-order valence-electron chi connectivity index (χ2n) is 7.16. The van der Waals surface area contributed by atoms with Gasteiger partial charge in [-0.25, -0.2) is 4.39 Å². The number of nitrogens with zero attached hydrogens (tertiary/aromatic N) is 1. The number of amides is 1. The molecule has 0 unspecified atom stereocenters. The van der Waals surface area contributed by atoms with Gasteiger partial charge in [0, 0.05) is 25.5 Å². The van der Waals surface area contributed by atoms with Crippen LogP contribution in [-0.2, 0) is 9.53 Å². The van der Waals surface area contributed by atoms with Crippen LogP contribution in [0.5, 0.6) is 5.75 Å². The number of carbonyl (C=O) groups excluding carboxylic acids is 1. The maximum atomic E-state index is 13.4. The molecule has 144 valence electrons. The average molecular weight is 364 g/mol. The minimum absolute atomic E-state index is 0.0255. The first-order chi connectivity index (χ1) is 12.7. The maximum absolute atomic E-state index is 13.4. The zero-order valence-electron chi connectivity index (χ0n) is 15.3. The fourth-order valence-corrected chi connectivity index (χ4v) is 3.61. The van der Waals surface area contributed by atoms with Crippen LogP contribution in [0, 0.1) is 5.82 Å². The number of rotatable bonds is 6. The molecular formula is C20H29FN2O3. The van der Waals surface area contributed by atoms with E-state index in [9.17, 15) is 9.18 Å². The highest BCUT2D eigenvalue weighted by molar-refractivity contribution is 5.76. The van der Waals surface area contributed by atoms with Crippen LogP contribution in [0.4, 0.5) is 4.39 Å². The summed E-state index contributed by atoms with van der Waals surface area (Å²) in [6.07, 6.45) is 6.00. The monoisotopic (exact) mass is 364 g/mol. The second kappa shape index (κ2) is 9.88. The Morgan fingerprint density at radius 2 is 2.08 bits per heavy atom. The molecule has 2 heterocycles. The largest absolute Gasteiger partial charge is 0.488 e. The number of hydrogen-bond acceptors (Lipinski definition) is 4. The summed E-state index contributed by atoms with van der Waals surface area (Å²) in [4.78, 5) is 14.8. The fraction of sp³-hybridized carbons (Fsp3) is 0.650. The van der Waals surface area contributed by atoms with Gasteiger partial charge < -0.3 is 19.7 Å². The van der Waals surface area contributed by atoms with Gasteiger partial charge in [-0.05, 0) is 38.1 Å². The van der Waals surface area contributed by atoms with Gasteiger partial charge in [-0.15, -0.1) is 0 Å². The lowest BCUT2D eigenvalue weighted by Crippen LogP contribution is -2.52. The van der Waals surface area contributed by atoms with E-state index in [0.717, 1.165) is 19.6 Å². The molecule has 0 aromatic heterocycles. The first kappa shape index (κ1) is 19.1. The minimum atomic E-state index is -0.326. The molecule has 6 heteroatoms. The molecule has 2 atom stereocenters. The molecule has 0 radical (unpaired) electrons. The van der Waals surface area contributed by atoms with Crippen LogP contribution in [0.15, 0.2) is 24.3 Å². The van der Waals surface area contributed by atoms with Crippen LogP contribution in [0.1, 0.15) is 38.5 Å². The Morgan fingerprint density at radius 1 is 1.27 bits per heavy atom. The third kappa shape index (κ3) is 5.95. The molecule has 1 N–H and O–H groups in total. The average Bonchev–Trinajstić information content (AvgIpc) is 2.91. The summed E-state index contributed by atoms with van der Waals surface area (Å²) in [6, 6.07) is 5.91. The van der Waals surface area contributed by atoms with Crippen LogP contribution in [-0.4, -0.2) is 55.8 Å². The van der Waals surface area contributed by atoms with Gasteiger partial charge in [0.1, 0.15) is 17.7 Å². The number of nitrogens with one attached hydrogen (secondary N) is 1. The first-order valence-electron chi connectivity index (χ1n) is 9.72. The maximum Gasteiger partial charge on any atom is 0.221 e. The van der Waals surface area contributed by atoms with Gasteiger partial charge in [0.25, 0.3) is 0 Å². The van der Waals surface area contributed by atoms with Crippen molar-refractivity contribution >= 4 is 5.91 Å². The Kier molecular flexibility index (Phi) is 7.26. The van der Waals surface area contributed by atoms with E-state index in [0.29, 0.717) is 31.8 Å². The lowest BCUT2D eigenvalue weighted by molar-refractivity contribution is -0.124. The second-order valence-corrected chi connectivity index (χ2v) is 7.16. The summed E-state index contributed by atoms with van der Waals surface area (Å²) in [5.41, 5.74) is 0. The Hall–Kier alpha value is -1.66. The highest BCUT2D eigenvalue weighted by atomic mass is 19.1. The predicted octanol–water partition coefficient (Wildman–Crippen LogP) is 2.74. The zero-order valence-corrected chi connectivity index (χ0v) is 15.3. The number of carbonyl (C=O) groups is 1. The molecule has 3 rings (SSSR count). The van der Waals surface area contributed by atoms with Gasteiger partial charge in [0.05, 0.1) is 19.3 Å². The Labute approximate surface area is 154 Å². The number of ether oxygens (including phenoxy) is 2. The number of benzene rings is 1. The smallest absolute Gasteiger partial charge is 0.221 e. The molecule has 0 saturated carbocycles. The van der Waals surface area contributed by atoms with Crippen molar-refractivity contribution in [3.63, 3.8) is 0 Å². The number of hydrogen-bond donors (Lipinski definition) is 1. The Morgan fingerprint density at radius 3 is 2.85 bits per heavy atom. The molecule has 26 heavy (non-hydrogen) atoms. The molecule has 0 spiro atoms. The molecule has 0 aliphatic carbocycles. The molecule has 2 aliphatic heterocycles. The molecule has 2 fully saturated rings. The number of halogens is 1. The minimum Gasteiger partial charge on any atom is -0.488 e. The van der Waals surface area contributed by atoms with Gasteiger partial charge in [-0.1, -0.05) is 18.9 Å². The Bertz CT molecular complexity index is 576. The van der Waals surface area contributed by atoms with Gasteiger partial charge in [0.15, 0.2) is 0 Å². The van der Waals surface area contributed by atoms with E-state index >= 15 is 0 Å². The lowest BCUT2D eigenvalue weighted by Gasteiger charge is -2.32. The van der Waals surface area contributed by atoms with Crippen LogP contribution < -0.4 is 10.1 Å². The highest BCUT2D eigenvalue weighted by Crippen LogP contribution is 2.19. The van der Waals surface area contributed by atoms with Crippen molar-refractivity contribution in [3.05, 3.63) is 30.1 Å². The molecular weight excluding hydrogens is 335 g/mol. The predicted molar refractivity (Wildman–Crippen MR) is 97.7 cm³/mol. The summed E-state index contributed by atoms with van der Waals surface area (Å²) in [6.45, 7) is 3.99. The summed E-state index contributed by atoms with van der Waals surface area (Å²) in [5.74, 6) is 0.186. The summed E-state index contributed by atoms with van der Waals surface area (Å²) < 4.78 is 24.8. The molecule has 0 bridgehead atoms. The lowest BCUT2D eigenvalue weighted by atomic mass is 10.1. The van der Waals surface area contributed by atoms with E-state index < -0.39 is 0 Å². The van der Waals surface area contributed by atoms with Crippen LogP contribution >= 0.6 is 0 Å². The third-order valence-electron chi connectivity index (χ3n) is 5.08. The quantitative estimate of drug-likeness (QED) is 0.843. The normalized spacial score (nSPS) is 24.7. The number of likely N-dealkylation sites (tertiary alicyclic amines) is 1. The van der Waals surface area contributed by atoms with Crippen molar-refractivity contribution in [1.29, 1.82) is 0 Å². The molecule has 2 aliphatic rings. The van der Waals surface area contributed by atoms with E-state index in [1.165, 1.54) is 37.8 Å². The van der Waals surface area contributed by atoms with Crippen molar-refractivity contribution in [2.24, 2.45) is 0 Å². The van der Waals surface area contributed by atoms with E-state index in [4.69, 9.17) is 9.47 Å². The molecule has 5 nitrogen and oxygen atoms in total. The molecule has 1 aromatic carbocycles. The van der Waals surface area contributed by atoms with Crippen LogP contribution in [0.25, 0.3) is 0 Å². The third-order valence-corrected chi connectivity index (χ3v) is 5.08. The molecule has 1 amide bonds. The fourth-order valence-electron chi connectivity index (χ4n) is 3.61. The Balaban J connectivity index is 1.48. The SMILES string of the molecule is O=C(CCN1CCCCCC1)N[C@@H]1COCC[C@@H]1Oc1cccc(F)c1. The molecule has 2 saturated heterocycles. The van der Waals surface area contributed by atoms with E-state index in [-0.39, 0.29) is 23.9 Å². The zero-order chi connectivity index (χ0) is 18.2. The van der Waals surface area contributed by atoms with E-state index in [1.807, 2.05) is 0 Å².